The van der Waals surface area contributed by atoms with E-state index in [2.05, 4.69) is 36.3 Å². The van der Waals surface area contributed by atoms with Crippen LogP contribution in [0.1, 0.15) is 25.3 Å². The summed E-state index contributed by atoms with van der Waals surface area (Å²) >= 11 is 0. The summed E-state index contributed by atoms with van der Waals surface area (Å²) in [7, 11) is 5.56. The lowest BCUT2D eigenvalue weighted by Crippen LogP contribution is -2.36. The fourth-order valence-electron chi connectivity index (χ4n) is 2.62. The lowest BCUT2D eigenvalue weighted by atomic mass is 10.1. The van der Waals surface area contributed by atoms with E-state index in [1.54, 1.807) is 14.2 Å². The molecule has 0 spiro atoms. The Balaban J connectivity index is 1.77. The Bertz CT molecular complexity index is 446. The van der Waals surface area contributed by atoms with Crippen LogP contribution in [0.2, 0.25) is 0 Å². The summed E-state index contributed by atoms with van der Waals surface area (Å²) in [5.41, 5.74) is 1.27. The number of benzene rings is 1. The lowest BCUT2D eigenvalue weighted by Gasteiger charge is -2.19. The maximum Gasteiger partial charge on any atom is 0.160 e. The van der Waals surface area contributed by atoms with Crippen molar-refractivity contribution in [2.75, 3.05) is 34.4 Å². The first-order valence-electron chi connectivity index (χ1n) is 7.78. The molecule has 1 saturated carbocycles. The summed E-state index contributed by atoms with van der Waals surface area (Å²) in [4.78, 5) is 2.45. The van der Waals surface area contributed by atoms with Gasteiger partial charge in [0.25, 0.3) is 0 Å². The highest BCUT2D eigenvalue weighted by atomic mass is 16.5. The normalized spacial score (nSPS) is 16.0. The molecule has 1 aliphatic carbocycles. The Kier molecular flexibility index (Phi) is 5.88. The molecule has 1 fully saturated rings. The second-order valence-corrected chi connectivity index (χ2v) is 5.96. The SMILES string of the molecule is COc1ccc(CC(C)NCCN(C)C2CC2)cc1OC. The van der Waals surface area contributed by atoms with Gasteiger partial charge in [-0.2, -0.15) is 0 Å². The van der Waals surface area contributed by atoms with Gasteiger partial charge in [-0.25, -0.2) is 0 Å². The highest BCUT2D eigenvalue weighted by molar-refractivity contribution is 5.43. The van der Waals surface area contributed by atoms with Crippen LogP contribution in [0.3, 0.4) is 0 Å². The molecule has 0 aromatic heterocycles. The molecule has 0 saturated heterocycles. The average Bonchev–Trinajstić information content (AvgIpc) is 3.31. The summed E-state index contributed by atoms with van der Waals surface area (Å²) in [6.45, 7) is 4.40. The summed E-state index contributed by atoms with van der Waals surface area (Å²) in [5, 5.41) is 3.60. The van der Waals surface area contributed by atoms with Gasteiger partial charge in [-0.3, -0.25) is 0 Å². The van der Waals surface area contributed by atoms with Crippen LogP contribution in [0, 0.1) is 0 Å². The number of likely N-dealkylation sites (N-methyl/N-ethyl adjacent to an activating group) is 1. The van der Waals surface area contributed by atoms with Crippen LogP contribution in [-0.2, 0) is 6.42 Å². The predicted molar refractivity (Wildman–Crippen MR) is 86.4 cm³/mol. The van der Waals surface area contributed by atoms with Gasteiger partial charge in [-0.05, 0) is 50.9 Å². The first kappa shape index (κ1) is 16.1. The van der Waals surface area contributed by atoms with Gasteiger partial charge in [0.15, 0.2) is 11.5 Å². The highest BCUT2D eigenvalue weighted by Gasteiger charge is 2.25. The topological polar surface area (TPSA) is 33.7 Å². The number of nitrogens with one attached hydrogen (secondary N) is 1. The average molecular weight is 292 g/mol. The minimum Gasteiger partial charge on any atom is -0.493 e. The molecule has 0 bridgehead atoms. The third-order valence-corrected chi connectivity index (χ3v) is 4.12. The summed E-state index contributed by atoms with van der Waals surface area (Å²) in [6, 6.07) is 7.44. The second kappa shape index (κ2) is 7.66. The Labute approximate surface area is 128 Å². The van der Waals surface area contributed by atoms with Crippen LogP contribution < -0.4 is 14.8 Å². The smallest absolute Gasteiger partial charge is 0.160 e. The van der Waals surface area contributed by atoms with E-state index in [1.165, 1.54) is 18.4 Å². The first-order chi connectivity index (χ1) is 10.1. The van der Waals surface area contributed by atoms with Crippen molar-refractivity contribution in [3.05, 3.63) is 23.8 Å². The standard InChI is InChI=1S/C17H28N2O2/c1-13(18-9-10-19(2)15-6-7-15)11-14-5-8-16(20-3)17(12-14)21-4/h5,8,12-13,15,18H,6-7,9-11H2,1-4H3. The molecule has 1 unspecified atom stereocenters. The third kappa shape index (κ3) is 4.90. The maximum atomic E-state index is 5.35. The van der Waals surface area contributed by atoms with Gasteiger partial charge >= 0.3 is 0 Å². The third-order valence-electron chi connectivity index (χ3n) is 4.12. The molecule has 1 atom stereocenters. The van der Waals surface area contributed by atoms with E-state index in [0.29, 0.717) is 6.04 Å². The van der Waals surface area contributed by atoms with E-state index < -0.39 is 0 Å². The van der Waals surface area contributed by atoms with Gasteiger partial charge < -0.3 is 19.7 Å². The van der Waals surface area contributed by atoms with Crippen LogP contribution in [0.4, 0.5) is 0 Å². The lowest BCUT2D eigenvalue weighted by molar-refractivity contribution is 0.315. The minimum absolute atomic E-state index is 0.454. The van der Waals surface area contributed by atoms with Crippen molar-refractivity contribution in [2.24, 2.45) is 0 Å². The second-order valence-electron chi connectivity index (χ2n) is 5.96. The molecule has 1 aliphatic rings. The maximum absolute atomic E-state index is 5.35. The van der Waals surface area contributed by atoms with E-state index in [1.807, 2.05) is 6.07 Å². The first-order valence-corrected chi connectivity index (χ1v) is 7.78. The van der Waals surface area contributed by atoms with Crippen molar-refractivity contribution >= 4 is 0 Å². The predicted octanol–water partition coefficient (Wildman–Crippen LogP) is 2.32. The molecule has 1 aromatic rings. The molecule has 1 aromatic carbocycles. The molecule has 0 radical (unpaired) electrons. The number of methoxy groups -OCH3 is 2. The molecule has 0 aliphatic heterocycles. The number of ether oxygens (including phenoxy) is 2. The van der Waals surface area contributed by atoms with Crippen molar-refractivity contribution in [3.8, 4) is 11.5 Å². The number of hydrogen-bond acceptors (Lipinski definition) is 4. The molecule has 0 amide bonds. The van der Waals surface area contributed by atoms with Gasteiger partial charge in [-0.15, -0.1) is 0 Å². The zero-order valence-electron chi connectivity index (χ0n) is 13.7. The van der Waals surface area contributed by atoms with E-state index in [4.69, 9.17) is 9.47 Å². The van der Waals surface area contributed by atoms with Crippen molar-refractivity contribution in [3.63, 3.8) is 0 Å². The Morgan fingerprint density at radius 3 is 2.57 bits per heavy atom. The van der Waals surface area contributed by atoms with Gasteiger partial charge in [0.05, 0.1) is 14.2 Å². The fraction of sp³-hybridized carbons (Fsp3) is 0.647. The van der Waals surface area contributed by atoms with Crippen LogP contribution in [0.5, 0.6) is 11.5 Å². The van der Waals surface area contributed by atoms with E-state index in [9.17, 15) is 0 Å². The highest BCUT2D eigenvalue weighted by Crippen LogP contribution is 2.28. The molecule has 1 N–H and O–H groups in total. The van der Waals surface area contributed by atoms with E-state index in [-0.39, 0.29) is 0 Å². The summed E-state index contributed by atoms with van der Waals surface area (Å²) in [5.74, 6) is 1.59. The Morgan fingerprint density at radius 1 is 1.24 bits per heavy atom. The van der Waals surface area contributed by atoms with Crippen molar-refractivity contribution < 1.29 is 9.47 Å². The largest absolute Gasteiger partial charge is 0.493 e. The molecule has 2 rings (SSSR count). The van der Waals surface area contributed by atoms with E-state index in [0.717, 1.165) is 37.1 Å². The molecule has 4 nitrogen and oxygen atoms in total. The molecular formula is C17H28N2O2. The minimum atomic E-state index is 0.454. The monoisotopic (exact) mass is 292 g/mol. The van der Waals surface area contributed by atoms with Crippen molar-refractivity contribution in [1.82, 2.24) is 10.2 Å². The van der Waals surface area contributed by atoms with Crippen molar-refractivity contribution in [1.29, 1.82) is 0 Å². The van der Waals surface area contributed by atoms with Gasteiger partial charge in [-0.1, -0.05) is 6.07 Å². The molecular weight excluding hydrogens is 264 g/mol. The van der Waals surface area contributed by atoms with Gasteiger partial charge in [0.2, 0.25) is 0 Å². The summed E-state index contributed by atoms with van der Waals surface area (Å²) < 4.78 is 10.6. The van der Waals surface area contributed by atoms with Crippen LogP contribution >= 0.6 is 0 Å². The molecule has 118 valence electrons. The quantitative estimate of drug-likeness (QED) is 0.757. The van der Waals surface area contributed by atoms with Crippen molar-refractivity contribution in [2.45, 2.75) is 38.3 Å². The van der Waals surface area contributed by atoms with Gasteiger partial charge in [0, 0.05) is 25.2 Å². The fourth-order valence-corrected chi connectivity index (χ4v) is 2.62. The summed E-state index contributed by atoms with van der Waals surface area (Å²) in [6.07, 6.45) is 3.74. The Hall–Kier alpha value is -1.26. The van der Waals surface area contributed by atoms with Crippen LogP contribution in [0.15, 0.2) is 18.2 Å². The van der Waals surface area contributed by atoms with Gasteiger partial charge in [0.1, 0.15) is 0 Å². The molecule has 4 heteroatoms. The van der Waals surface area contributed by atoms with Crippen LogP contribution in [-0.4, -0.2) is 51.3 Å². The Morgan fingerprint density at radius 2 is 1.95 bits per heavy atom. The zero-order valence-corrected chi connectivity index (χ0v) is 13.7. The molecule has 21 heavy (non-hydrogen) atoms. The molecule has 0 heterocycles. The number of hydrogen-bond donors (Lipinski definition) is 1. The number of rotatable bonds is 9. The van der Waals surface area contributed by atoms with Crippen LogP contribution in [0.25, 0.3) is 0 Å². The van der Waals surface area contributed by atoms with E-state index >= 15 is 0 Å². The number of nitrogens with zero attached hydrogens (tertiary/aromatic N) is 1. The zero-order chi connectivity index (χ0) is 15.2.